The van der Waals surface area contributed by atoms with Crippen LogP contribution in [-0.4, -0.2) is 21.6 Å². The van der Waals surface area contributed by atoms with Crippen LogP contribution >= 0.6 is 15.9 Å². The van der Waals surface area contributed by atoms with Crippen LogP contribution in [0.2, 0.25) is 0 Å². The minimum atomic E-state index is -0.705. The molecule has 7 nitrogen and oxygen atoms in total. The summed E-state index contributed by atoms with van der Waals surface area (Å²) in [5, 5.41) is 3.98. The van der Waals surface area contributed by atoms with Crippen molar-refractivity contribution >= 4 is 33.4 Å². The fourth-order valence-corrected chi connectivity index (χ4v) is 2.12. The second kappa shape index (κ2) is 4.73. The van der Waals surface area contributed by atoms with E-state index in [1.54, 1.807) is 18.2 Å². The van der Waals surface area contributed by atoms with E-state index in [9.17, 15) is 9.59 Å². The molecule has 0 saturated heterocycles. The summed E-state index contributed by atoms with van der Waals surface area (Å²) < 4.78 is 1.91. The number of amides is 2. The third kappa shape index (κ3) is 2.43. The number of nitrogens with two attached hydrogens (primary N) is 3. The Morgan fingerprint density at radius 1 is 1.21 bits per heavy atom. The second-order valence-corrected chi connectivity index (χ2v) is 4.62. The molecule has 19 heavy (non-hydrogen) atoms. The summed E-state index contributed by atoms with van der Waals surface area (Å²) in [4.78, 5) is 22.2. The van der Waals surface area contributed by atoms with Crippen molar-refractivity contribution in [1.82, 2.24) is 9.78 Å². The molecule has 2 aromatic rings. The molecule has 0 bridgehead atoms. The first kappa shape index (κ1) is 13.1. The van der Waals surface area contributed by atoms with Crippen LogP contribution in [0, 0.1) is 0 Å². The van der Waals surface area contributed by atoms with E-state index in [0.29, 0.717) is 15.7 Å². The summed E-state index contributed by atoms with van der Waals surface area (Å²) >= 11 is 3.23. The SMILES string of the molecule is NC(=O)c1ccc(-n2cc(N)c(C(N)=O)n2)cc1Br. The standard InChI is InChI=1S/C11H10BrN5O2/c12-7-3-5(1-2-6(7)10(14)18)17-4-8(13)9(16-17)11(15)19/h1-4H,13H2,(H2,14,18)(H2,15,19). The number of hydrogen-bond donors (Lipinski definition) is 3. The Morgan fingerprint density at radius 3 is 2.37 bits per heavy atom. The molecule has 2 amide bonds. The summed E-state index contributed by atoms with van der Waals surface area (Å²) in [7, 11) is 0. The van der Waals surface area contributed by atoms with Crippen LogP contribution in [0.3, 0.4) is 0 Å². The number of carbonyl (C=O) groups excluding carboxylic acids is 2. The molecule has 1 aromatic carbocycles. The Labute approximate surface area is 116 Å². The average Bonchev–Trinajstić information content (AvgIpc) is 2.70. The molecular weight excluding hydrogens is 314 g/mol. The highest BCUT2D eigenvalue weighted by Crippen LogP contribution is 2.21. The molecule has 0 saturated carbocycles. The Bertz CT molecular complexity index is 680. The van der Waals surface area contributed by atoms with Crippen molar-refractivity contribution in [2.45, 2.75) is 0 Å². The van der Waals surface area contributed by atoms with E-state index in [0.717, 1.165) is 0 Å². The highest BCUT2D eigenvalue weighted by molar-refractivity contribution is 9.10. The molecule has 0 fully saturated rings. The summed E-state index contributed by atoms with van der Waals surface area (Å²) in [6, 6.07) is 4.81. The van der Waals surface area contributed by atoms with Gasteiger partial charge >= 0.3 is 0 Å². The molecule has 1 aromatic heterocycles. The molecule has 0 atom stereocenters. The maximum Gasteiger partial charge on any atom is 0.271 e. The second-order valence-electron chi connectivity index (χ2n) is 3.77. The lowest BCUT2D eigenvalue weighted by atomic mass is 10.2. The highest BCUT2D eigenvalue weighted by Gasteiger charge is 2.13. The summed E-state index contributed by atoms with van der Waals surface area (Å²) in [5.74, 6) is -1.25. The molecule has 0 unspecified atom stereocenters. The lowest BCUT2D eigenvalue weighted by Crippen LogP contribution is -2.14. The molecule has 0 spiro atoms. The molecule has 8 heteroatoms. The lowest BCUT2D eigenvalue weighted by molar-refractivity contribution is 0.0989. The van der Waals surface area contributed by atoms with E-state index in [2.05, 4.69) is 21.0 Å². The molecule has 2 rings (SSSR count). The molecule has 1 heterocycles. The number of primary amides is 2. The fraction of sp³-hybridized carbons (Fsp3) is 0. The van der Waals surface area contributed by atoms with E-state index in [1.165, 1.54) is 10.9 Å². The average molecular weight is 324 g/mol. The summed E-state index contributed by atoms with van der Waals surface area (Å²) in [5.41, 5.74) is 17.1. The van der Waals surface area contributed by atoms with Crippen LogP contribution in [0.15, 0.2) is 28.9 Å². The van der Waals surface area contributed by atoms with Crippen LogP contribution in [0.1, 0.15) is 20.8 Å². The molecule has 0 aliphatic heterocycles. The first-order valence-corrected chi connectivity index (χ1v) is 5.94. The molecule has 98 valence electrons. The Balaban J connectivity index is 2.48. The van der Waals surface area contributed by atoms with Gasteiger partial charge in [-0.25, -0.2) is 4.68 Å². The topological polar surface area (TPSA) is 130 Å². The van der Waals surface area contributed by atoms with E-state index < -0.39 is 11.8 Å². The van der Waals surface area contributed by atoms with Crippen molar-refractivity contribution in [2.24, 2.45) is 11.5 Å². The zero-order valence-corrected chi connectivity index (χ0v) is 11.2. The minimum absolute atomic E-state index is 0.00454. The monoisotopic (exact) mass is 323 g/mol. The zero-order chi connectivity index (χ0) is 14.2. The van der Waals surface area contributed by atoms with Gasteiger partial charge in [-0.1, -0.05) is 0 Å². The largest absolute Gasteiger partial charge is 0.396 e. The van der Waals surface area contributed by atoms with Crippen molar-refractivity contribution in [3.05, 3.63) is 40.1 Å². The number of hydrogen-bond acceptors (Lipinski definition) is 4. The highest BCUT2D eigenvalue weighted by atomic mass is 79.9. The predicted molar refractivity (Wildman–Crippen MR) is 72.7 cm³/mol. The summed E-state index contributed by atoms with van der Waals surface area (Å²) in [6.07, 6.45) is 1.46. The van der Waals surface area contributed by atoms with Gasteiger partial charge in [-0.15, -0.1) is 0 Å². The molecule has 0 aliphatic rings. The number of nitrogen functional groups attached to an aromatic ring is 1. The molecular formula is C11H10BrN5O2. The van der Waals surface area contributed by atoms with Crippen molar-refractivity contribution in [3.63, 3.8) is 0 Å². The molecule has 0 aliphatic carbocycles. The number of anilines is 1. The van der Waals surface area contributed by atoms with Crippen molar-refractivity contribution < 1.29 is 9.59 Å². The predicted octanol–water partition coefficient (Wildman–Crippen LogP) is 0.415. The number of carbonyl (C=O) groups is 2. The van der Waals surface area contributed by atoms with Crippen molar-refractivity contribution in [3.8, 4) is 5.69 Å². The Kier molecular flexibility index (Phi) is 3.26. The third-order valence-corrected chi connectivity index (χ3v) is 3.11. The smallest absolute Gasteiger partial charge is 0.271 e. The maximum absolute atomic E-state index is 11.1. The number of nitrogens with zero attached hydrogens (tertiary/aromatic N) is 2. The third-order valence-electron chi connectivity index (χ3n) is 2.46. The zero-order valence-electron chi connectivity index (χ0n) is 9.63. The lowest BCUT2D eigenvalue weighted by Gasteiger charge is -2.04. The number of rotatable bonds is 3. The number of halogens is 1. The first-order chi connectivity index (χ1) is 8.90. The van der Waals surface area contributed by atoms with Crippen LogP contribution in [0.25, 0.3) is 5.69 Å². The first-order valence-electron chi connectivity index (χ1n) is 5.15. The number of aromatic nitrogens is 2. The van der Waals surface area contributed by atoms with E-state index in [1.807, 2.05) is 0 Å². The van der Waals surface area contributed by atoms with Crippen LogP contribution < -0.4 is 17.2 Å². The number of benzene rings is 1. The van der Waals surface area contributed by atoms with Crippen molar-refractivity contribution in [1.29, 1.82) is 0 Å². The van der Waals surface area contributed by atoms with Crippen molar-refractivity contribution in [2.75, 3.05) is 5.73 Å². The van der Waals surface area contributed by atoms with Gasteiger partial charge in [0.15, 0.2) is 5.69 Å². The summed E-state index contributed by atoms with van der Waals surface area (Å²) in [6.45, 7) is 0. The van der Waals surface area contributed by atoms with E-state index in [-0.39, 0.29) is 11.4 Å². The molecule has 0 radical (unpaired) electrons. The van der Waals surface area contributed by atoms with Gasteiger partial charge in [-0.2, -0.15) is 5.10 Å². The maximum atomic E-state index is 11.1. The Morgan fingerprint density at radius 2 is 1.89 bits per heavy atom. The Hall–Kier alpha value is -2.35. The van der Waals surface area contributed by atoms with Gasteiger partial charge in [0.05, 0.1) is 23.1 Å². The van der Waals surface area contributed by atoms with Gasteiger partial charge in [0.25, 0.3) is 5.91 Å². The van der Waals surface area contributed by atoms with E-state index in [4.69, 9.17) is 17.2 Å². The van der Waals surface area contributed by atoms with Crippen LogP contribution in [-0.2, 0) is 0 Å². The minimum Gasteiger partial charge on any atom is -0.396 e. The van der Waals surface area contributed by atoms with Gasteiger partial charge in [0, 0.05) is 4.47 Å². The quantitative estimate of drug-likeness (QED) is 0.755. The fourth-order valence-electron chi connectivity index (χ4n) is 1.56. The van der Waals surface area contributed by atoms with Gasteiger partial charge in [-0.3, -0.25) is 9.59 Å². The normalized spacial score (nSPS) is 10.4. The van der Waals surface area contributed by atoms with Gasteiger partial charge < -0.3 is 17.2 Å². The van der Waals surface area contributed by atoms with E-state index >= 15 is 0 Å². The molecule has 6 N–H and O–H groups in total. The van der Waals surface area contributed by atoms with Gasteiger partial charge in [0.2, 0.25) is 5.91 Å². The van der Waals surface area contributed by atoms with Crippen LogP contribution in [0.5, 0.6) is 0 Å². The van der Waals surface area contributed by atoms with Gasteiger partial charge in [0.1, 0.15) is 0 Å². The van der Waals surface area contributed by atoms with Gasteiger partial charge in [-0.05, 0) is 34.1 Å². The van der Waals surface area contributed by atoms with Crippen LogP contribution in [0.4, 0.5) is 5.69 Å².